The molecule has 0 aliphatic rings. The quantitative estimate of drug-likeness (QED) is 0.0567. The summed E-state index contributed by atoms with van der Waals surface area (Å²) in [6, 6.07) is 0. The molecule has 0 fully saturated rings. The highest BCUT2D eigenvalue weighted by molar-refractivity contribution is 5.76. The van der Waals surface area contributed by atoms with Gasteiger partial charge in [0.1, 0.15) is 0 Å². The van der Waals surface area contributed by atoms with Crippen molar-refractivity contribution in [2.24, 2.45) is 0 Å². The molecule has 0 saturated heterocycles. The summed E-state index contributed by atoms with van der Waals surface area (Å²) >= 11 is 0. The Morgan fingerprint density at radius 3 is 0.494 bits per heavy atom. The number of carbonyl (C=O) groups excluding carboxylic acids is 1. The van der Waals surface area contributed by atoms with Gasteiger partial charge in [0.15, 0.2) is 0 Å². The maximum absolute atomic E-state index is 14.0. The Morgan fingerprint density at radius 1 is 0.177 bits per heavy atom. The van der Waals surface area contributed by atoms with Crippen LogP contribution in [-0.4, -0.2) is 48.4 Å². The lowest BCUT2D eigenvalue weighted by atomic mass is 10.0. The van der Waals surface area contributed by atoms with Gasteiger partial charge < -0.3 is 9.80 Å². The fourth-order valence-electron chi connectivity index (χ4n) is 12.8. The Hall–Kier alpha value is -0.570. The van der Waals surface area contributed by atoms with Gasteiger partial charge in [0.2, 0.25) is 5.91 Å². The number of hydrogen-bond acceptors (Lipinski definition) is 2. The van der Waals surface area contributed by atoms with Crippen molar-refractivity contribution in [1.82, 2.24) is 9.80 Å². The summed E-state index contributed by atoms with van der Waals surface area (Å²) in [4.78, 5) is 19.2. The topological polar surface area (TPSA) is 23.6 Å². The molecule has 0 aromatic rings. The van der Waals surface area contributed by atoms with Crippen LogP contribution in [0.3, 0.4) is 0 Å². The van der Waals surface area contributed by atoms with E-state index in [0.29, 0.717) is 5.91 Å². The highest BCUT2D eigenvalue weighted by Gasteiger charge is 2.15. The van der Waals surface area contributed by atoms with Gasteiger partial charge in [-0.15, -0.1) is 0 Å². The maximum atomic E-state index is 14.0. The average Bonchev–Trinajstić information content (AvgIpc) is 3.45. The molecule has 1 amide bonds. The first-order valence-electron chi connectivity index (χ1n) is 38.2. The zero-order valence-corrected chi connectivity index (χ0v) is 56.0. The minimum absolute atomic E-state index is 0.465. The molecule has 0 aromatic carbocycles. The molecule has 0 aliphatic heterocycles. The monoisotopic (exact) mass is 1110 g/mol. The van der Waals surface area contributed by atoms with Crippen molar-refractivity contribution in [2.75, 3.05) is 32.7 Å². The number of carbonyl (C=O) groups is 1. The van der Waals surface area contributed by atoms with Gasteiger partial charge in [-0.3, -0.25) is 4.79 Å². The second-order valence-electron chi connectivity index (χ2n) is 26.5. The SMILES string of the molecule is CCCCCCCCCCCCCCCCCCN(CCCCCCCCCCCCCCCCCC)CCCC(=O)N(CCCCCCCCCCCCCCCCCC)CCCCCCCCCCCCCCCCCC. The normalized spacial score (nSPS) is 11.8. The van der Waals surface area contributed by atoms with E-state index in [-0.39, 0.29) is 0 Å². The number of amides is 1. The van der Waals surface area contributed by atoms with Crippen molar-refractivity contribution in [1.29, 1.82) is 0 Å². The van der Waals surface area contributed by atoms with Crippen molar-refractivity contribution in [3.63, 3.8) is 0 Å². The number of hydrogen-bond donors (Lipinski definition) is 0. The number of rotatable bonds is 72. The van der Waals surface area contributed by atoms with Crippen LogP contribution in [-0.2, 0) is 4.79 Å². The van der Waals surface area contributed by atoms with Crippen LogP contribution in [0.25, 0.3) is 0 Å². The molecule has 0 N–H and O–H groups in total. The van der Waals surface area contributed by atoms with Crippen LogP contribution in [0.2, 0.25) is 0 Å². The van der Waals surface area contributed by atoms with E-state index in [9.17, 15) is 4.79 Å². The molecule has 3 heteroatoms. The van der Waals surface area contributed by atoms with Crippen LogP contribution < -0.4 is 0 Å². The summed E-state index contributed by atoms with van der Waals surface area (Å²) in [6.45, 7) is 14.9. The van der Waals surface area contributed by atoms with E-state index < -0.39 is 0 Å². The third-order valence-corrected chi connectivity index (χ3v) is 18.4. The summed E-state index contributed by atoms with van der Waals surface area (Å²) < 4.78 is 0. The molecule has 0 bridgehead atoms. The molecule has 0 spiro atoms. The Balaban J connectivity index is 4.86. The van der Waals surface area contributed by atoms with Crippen molar-refractivity contribution in [2.45, 2.75) is 451 Å². The van der Waals surface area contributed by atoms with E-state index in [1.54, 1.807) is 0 Å². The third-order valence-electron chi connectivity index (χ3n) is 18.4. The molecule has 474 valence electrons. The van der Waals surface area contributed by atoms with Gasteiger partial charge >= 0.3 is 0 Å². The van der Waals surface area contributed by atoms with Crippen LogP contribution in [0.1, 0.15) is 451 Å². The minimum atomic E-state index is 0.465. The van der Waals surface area contributed by atoms with E-state index >= 15 is 0 Å². The highest BCUT2D eigenvalue weighted by atomic mass is 16.2. The zero-order valence-electron chi connectivity index (χ0n) is 56.0. The lowest BCUT2D eigenvalue weighted by Crippen LogP contribution is -2.34. The Bertz CT molecular complexity index is 1000. The van der Waals surface area contributed by atoms with Crippen molar-refractivity contribution in [3.05, 3.63) is 0 Å². The third kappa shape index (κ3) is 66.4. The first-order valence-corrected chi connectivity index (χ1v) is 38.2. The summed E-state index contributed by atoms with van der Waals surface area (Å²) in [5.74, 6) is 0.465. The smallest absolute Gasteiger partial charge is 0.222 e. The first-order chi connectivity index (χ1) is 39.2. The van der Waals surface area contributed by atoms with E-state index in [1.807, 2.05) is 0 Å². The van der Waals surface area contributed by atoms with Crippen molar-refractivity contribution >= 4 is 5.91 Å². The van der Waals surface area contributed by atoms with Gasteiger partial charge in [0.25, 0.3) is 0 Å². The van der Waals surface area contributed by atoms with Gasteiger partial charge in [-0.25, -0.2) is 0 Å². The van der Waals surface area contributed by atoms with E-state index in [0.717, 1.165) is 32.5 Å². The predicted octanol–water partition coefficient (Wildman–Crippen LogP) is 26.9. The molecular weight excluding hydrogens is 957 g/mol. The lowest BCUT2D eigenvalue weighted by Gasteiger charge is -2.25. The molecule has 0 rings (SSSR count). The summed E-state index contributed by atoms with van der Waals surface area (Å²) in [5, 5.41) is 0. The lowest BCUT2D eigenvalue weighted by molar-refractivity contribution is -0.131. The van der Waals surface area contributed by atoms with Gasteiger partial charge in [-0.1, -0.05) is 413 Å². The molecule has 0 atom stereocenters. The van der Waals surface area contributed by atoms with E-state index in [4.69, 9.17) is 0 Å². The van der Waals surface area contributed by atoms with Crippen LogP contribution in [0, 0.1) is 0 Å². The van der Waals surface area contributed by atoms with Crippen LogP contribution in [0.4, 0.5) is 0 Å². The standard InChI is InChI=1S/C76H154N2O/c1-5-9-13-17-21-25-29-33-37-41-45-49-53-57-61-65-71-77(72-66-62-58-54-50-46-42-38-34-30-26-22-18-14-10-6-2)73-69-70-76(79)78(74-67-63-59-55-51-47-43-39-35-31-27-23-19-15-11-7-3)75-68-64-60-56-52-48-44-40-36-32-28-24-20-16-12-8-4/h5-75H2,1-4H3. The van der Waals surface area contributed by atoms with Crippen LogP contribution in [0.5, 0.6) is 0 Å². The summed E-state index contributed by atoms with van der Waals surface area (Å²) in [5.41, 5.74) is 0. The van der Waals surface area contributed by atoms with Gasteiger partial charge in [0, 0.05) is 19.5 Å². The number of unbranched alkanes of at least 4 members (excludes halogenated alkanes) is 60. The van der Waals surface area contributed by atoms with Crippen molar-refractivity contribution < 1.29 is 4.79 Å². The molecular formula is C76H154N2O. The molecule has 3 nitrogen and oxygen atoms in total. The van der Waals surface area contributed by atoms with Gasteiger partial charge in [-0.05, 0) is 51.7 Å². The molecule has 0 aromatic heterocycles. The van der Waals surface area contributed by atoms with Crippen LogP contribution >= 0.6 is 0 Å². The fraction of sp³-hybridized carbons (Fsp3) is 0.987. The number of nitrogens with zero attached hydrogens (tertiary/aromatic N) is 2. The second-order valence-corrected chi connectivity index (χ2v) is 26.5. The summed E-state index contributed by atoms with van der Waals surface area (Å²) in [7, 11) is 0. The molecule has 79 heavy (non-hydrogen) atoms. The molecule has 0 saturated carbocycles. The fourth-order valence-corrected chi connectivity index (χ4v) is 12.8. The highest BCUT2D eigenvalue weighted by Crippen LogP contribution is 2.20. The maximum Gasteiger partial charge on any atom is 0.222 e. The zero-order chi connectivity index (χ0) is 56.9. The molecule has 0 heterocycles. The minimum Gasteiger partial charge on any atom is -0.343 e. The van der Waals surface area contributed by atoms with Gasteiger partial charge in [-0.2, -0.15) is 0 Å². The summed E-state index contributed by atoms with van der Waals surface area (Å²) in [6.07, 6.45) is 92.7. The largest absolute Gasteiger partial charge is 0.343 e. The van der Waals surface area contributed by atoms with Gasteiger partial charge in [0.05, 0.1) is 0 Å². The first kappa shape index (κ1) is 78.4. The Morgan fingerprint density at radius 2 is 0.316 bits per heavy atom. The molecule has 0 aliphatic carbocycles. The molecule has 0 radical (unpaired) electrons. The Kier molecular flexibility index (Phi) is 71.2. The van der Waals surface area contributed by atoms with E-state index in [1.165, 1.54) is 424 Å². The van der Waals surface area contributed by atoms with Crippen molar-refractivity contribution in [3.8, 4) is 0 Å². The second kappa shape index (κ2) is 71.7. The van der Waals surface area contributed by atoms with E-state index in [2.05, 4.69) is 37.5 Å². The average molecular weight is 1110 g/mol. The van der Waals surface area contributed by atoms with Crippen LogP contribution in [0.15, 0.2) is 0 Å². The predicted molar refractivity (Wildman–Crippen MR) is 360 cm³/mol. The Labute approximate surface area is 502 Å². The molecule has 0 unspecified atom stereocenters.